The predicted octanol–water partition coefficient (Wildman–Crippen LogP) is 3.55. The van der Waals surface area contributed by atoms with E-state index in [1.54, 1.807) is 0 Å². The summed E-state index contributed by atoms with van der Waals surface area (Å²) in [6.07, 6.45) is 5.05. The number of rotatable bonds is 1. The van der Waals surface area contributed by atoms with Crippen LogP contribution in [0.3, 0.4) is 0 Å². The summed E-state index contributed by atoms with van der Waals surface area (Å²) in [6.45, 7) is 2.07. The Hall–Kier alpha value is -1.26. The first kappa shape index (κ1) is 12.8. The van der Waals surface area contributed by atoms with Crippen molar-refractivity contribution in [3.63, 3.8) is 0 Å². The van der Waals surface area contributed by atoms with Crippen molar-refractivity contribution in [3.05, 3.63) is 45.7 Å². The third-order valence-corrected chi connectivity index (χ3v) is 4.51. The molecule has 1 heterocycles. The van der Waals surface area contributed by atoms with Crippen molar-refractivity contribution in [2.45, 2.75) is 32.2 Å². The Morgan fingerprint density at radius 3 is 3.00 bits per heavy atom. The third kappa shape index (κ3) is 2.42. The molecule has 1 aliphatic rings. The zero-order valence-electron chi connectivity index (χ0n) is 10.9. The lowest BCUT2D eigenvalue weighted by molar-refractivity contribution is 0.557. The summed E-state index contributed by atoms with van der Waals surface area (Å²) < 4.78 is 1.09. The van der Waals surface area contributed by atoms with E-state index in [-0.39, 0.29) is 6.04 Å². The highest BCUT2D eigenvalue weighted by Crippen LogP contribution is 2.29. The standard InChI is InChI=1S/C15H16BrN3/c1-9-5-6-10(7-12(9)16)15-18-8-11-13(17)3-2-4-14(11)19-15/h5-8,13H,2-4,17H2,1H3. The number of aryl methyl sites for hydroxylation is 2. The van der Waals surface area contributed by atoms with Gasteiger partial charge in [0, 0.05) is 33.5 Å². The van der Waals surface area contributed by atoms with E-state index in [9.17, 15) is 0 Å². The minimum Gasteiger partial charge on any atom is -0.324 e. The monoisotopic (exact) mass is 317 g/mol. The highest BCUT2D eigenvalue weighted by Gasteiger charge is 2.19. The van der Waals surface area contributed by atoms with Crippen molar-refractivity contribution in [3.8, 4) is 11.4 Å². The van der Waals surface area contributed by atoms with Crippen LogP contribution in [0.2, 0.25) is 0 Å². The van der Waals surface area contributed by atoms with Gasteiger partial charge in [0.2, 0.25) is 0 Å². The number of hydrogen-bond acceptors (Lipinski definition) is 3. The number of halogens is 1. The summed E-state index contributed by atoms with van der Waals surface area (Å²) >= 11 is 3.55. The molecule has 1 aromatic heterocycles. The van der Waals surface area contributed by atoms with E-state index in [0.29, 0.717) is 0 Å². The lowest BCUT2D eigenvalue weighted by atomic mass is 9.93. The molecule has 0 bridgehead atoms. The first-order valence-electron chi connectivity index (χ1n) is 6.53. The molecule has 0 saturated heterocycles. The summed E-state index contributed by atoms with van der Waals surface area (Å²) in [5.74, 6) is 0.786. The maximum atomic E-state index is 6.09. The molecule has 0 amide bonds. The van der Waals surface area contributed by atoms with E-state index in [1.165, 1.54) is 5.56 Å². The van der Waals surface area contributed by atoms with Gasteiger partial charge in [-0.05, 0) is 37.8 Å². The summed E-state index contributed by atoms with van der Waals surface area (Å²) in [5.41, 5.74) is 10.6. The second-order valence-corrected chi connectivity index (χ2v) is 5.91. The zero-order valence-corrected chi connectivity index (χ0v) is 12.4. The molecule has 2 aromatic rings. The van der Waals surface area contributed by atoms with Gasteiger partial charge in [0.25, 0.3) is 0 Å². The minimum atomic E-state index is 0.0996. The van der Waals surface area contributed by atoms with Crippen molar-refractivity contribution in [2.75, 3.05) is 0 Å². The molecule has 0 saturated carbocycles. The molecule has 0 fully saturated rings. The summed E-state index contributed by atoms with van der Waals surface area (Å²) in [6, 6.07) is 6.31. The van der Waals surface area contributed by atoms with Gasteiger partial charge >= 0.3 is 0 Å². The first-order valence-corrected chi connectivity index (χ1v) is 7.32. The van der Waals surface area contributed by atoms with Crippen LogP contribution in [0.25, 0.3) is 11.4 Å². The highest BCUT2D eigenvalue weighted by atomic mass is 79.9. The van der Waals surface area contributed by atoms with Crippen LogP contribution in [0.1, 0.15) is 35.7 Å². The number of aromatic nitrogens is 2. The fourth-order valence-electron chi connectivity index (χ4n) is 2.45. The average molecular weight is 318 g/mol. The van der Waals surface area contributed by atoms with Crippen LogP contribution in [0, 0.1) is 6.92 Å². The number of nitrogens with zero attached hydrogens (tertiary/aromatic N) is 2. The molecule has 1 aliphatic carbocycles. The van der Waals surface area contributed by atoms with Crippen molar-refractivity contribution >= 4 is 15.9 Å². The number of hydrogen-bond donors (Lipinski definition) is 1. The van der Waals surface area contributed by atoms with E-state index >= 15 is 0 Å². The lowest BCUT2D eigenvalue weighted by Crippen LogP contribution is -2.19. The van der Waals surface area contributed by atoms with Gasteiger partial charge in [-0.1, -0.05) is 28.1 Å². The number of fused-ring (bicyclic) bond motifs is 1. The molecule has 3 nitrogen and oxygen atoms in total. The van der Waals surface area contributed by atoms with E-state index in [4.69, 9.17) is 10.7 Å². The number of nitrogens with two attached hydrogens (primary N) is 1. The maximum Gasteiger partial charge on any atom is 0.159 e. The molecule has 19 heavy (non-hydrogen) atoms. The van der Waals surface area contributed by atoms with Gasteiger partial charge in [-0.2, -0.15) is 0 Å². The van der Waals surface area contributed by atoms with Crippen LogP contribution in [-0.2, 0) is 6.42 Å². The van der Waals surface area contributed by atoms with Gasteiger partial charge in [-0.15, -0.1) is 0 Å². The first-order chi connectivity index (χ1) is 9.15. The summed E-state index contributed by atoms with van der Waals surface area (Å²) in [4.78, 5) is 9.16. The van der Waals surface area contributed by atoms with Crippen LogP contribution in [-0.4, -0.2) is 9.97 Å². The maximum absolute atomic E-state index is 6.09. The van der Waals surface area contributed by atoms with Crippen molar-refractivity contribution in [1.29, 1.82) is 0 Å². The minimum absolute atomic E-state index is 0.0996. The second kappa shape index (κ2) is 5.02. The van der Waals surface area contributed by atoms with E-state index in [0.717, 1.165) is 46.4 Å². The van der Waals surface area contributed by atoms with Gasteiger partial charge in [0.15, 0.2) is 5.82 Å². The van der Waals surface area contributed by atoms with E-state index in [2.05, 4.69) is 46.0 Å². The van der Waals surface area contributed by atoms with E-state index in [1.807, 2.05) is 6.20 Å². The normalized spacial score (nSPS) is 18.2. The van der Waals surface area contributed by atoms with Crippen molar-refractivity contribution in [1.82, 2.24) is 9.97 Å². The molecule has 3 rings (SSSR count). The Morgan fingerprint density at radius 2 is 2.21 bits per heavy atom. The Morgan fingerprint density at radius 1 is 1.37 bits per heavy atom. The Bertz CT molecular complexity index is 625. The average Bonchev–Trinajstić information content (AvgIpc) is 2.42. The number of benzene rings is 1. The van der Waals surface area contributed by atoms with Crippen LogP contribution in [0.4, 0.5) is 0 Å². The van der Waals surface area contributed by atoms with Crippen molar-refractivity contribution < 1.29 is 0 Å². The van der Waals surface area contributed by atoms with Crippen LogP contribution < -0.4 is 5.73 Å². The fourth-order valence-corrected chi connectivity index (χ4v) is 2.83. The van der Waals surface area contributed by atoms with Gasteiger partial charge < -0.3 is 5.73 Å². The predicted molar refractivity (Wildman–Crippen MR) is 79.8 cm³/mol. The van der Waals surface area contributed by atoms with Crippen LogP contribution in [0.15, 0.2) is 28.9 Å². The molecule has 0 spiro atoms. The molecular weight excluding hydrogens is 302 g/mol. The molecule has 4 heteroatoms. The molecular formula is C15H16BrN3. The summed E-state index contributed by atoms with van der Waals surface area (Å²) in [5, 5.41) is 0. The second-order valence-electron chi connectivity index (χ2n) is 5.06. The molecule has 0 aliphatic heterocycles. The molecule has 1 aromatic carbocycles. The zero-order chi connectivity index (χ0) is 13.4. The summed E-state index contributed by atoms with van der Waals surface area (Å²) in [7, 11) is 0. The third-order valence-electron chi connectivity index (χ3n) is 3.66. The Labute approximate surface area is 121 Å². The molecule has 1 unspecified atom stereocenters. The quantitative estimate of drug-likeness (QED) is 0.875. The van der Waals surface area contributed by atoms with Gasteiger partial charge in [-0.3, -0.25) is 0 Å². The van der Waals surface area contributed by atoms with Crippen LogP contribution >= 0.6 is 15.9 Å². The largest absolute Gasteiger partial charge is 0.324 e. The molecule has 2 N–H and O–H groups in total. The lowest BCUT2D eigenvalue weighted by Gasteiger charge is -2.21. The van der Waals surface area contributed by atoms with Gasteiger partial charge in [-0.25, -0.2) is 9.97 Å². The smallest absolute Gasteiger partial charge is 0.159 e. The molecule has 98 valence electrons. The van der Waals surface area contributed by atoms with Crippen molar-refractivity contribution in [2.24, 2.45) is 5.73 Å². The SMILES string of the molecule is Cc1ccc(-c2ncc3c(n2)CCCC3N)cc1Br. The topological polar surface area (TPSA) is 51.8 Å². The van der Waals surface area contributed by atoms with Crippen LogP contribution in [0.5, 0.6) is 0 Å². The van der Waals surface area contributed by atoms with Gasteiger partial charge in [0.05, 0.1) is 0 Å². The fraction of sp³-hybridized carbons (Fsp3) is 0.333. The van der Waals surface area contributed by atoms with E-state index < -0.39 is 0 Å². The van der Waals surface area contributed by atoms with Gasteiger partial charge in [0.1, 0.15) is 0 Å². The Kier molecular flexibility index (Phi) is 3.37. The Balaban J connectivity index is 2.04. The molecule has 0 radical (unpaired) electrons. The molecule has 1 atom stereocenters. The highest BCUT2D eigenvalue weighted by molar-refractivity contribution is 9.10.